The number of amides is 2. The summed E-state index contributed by atoms with van der Waals surface area (Å²) >= 11 is 4.97. The Balaban J connectivity index is 1.52. The van der Waals surface area contributed by atoms with Crippen LogP contribution in [-0.4, -0.2) is 48.7 Å². The molecule has 3 N–H and O–H groups in total. The molecule has 0 spiro atoms. The van der Waals surface area contributed by atoms with Gasteiger partial charge in [0.25, 0.3) is 5.91 Å². The molecule has 198 valence electrons. The third-order valence-electron chi connectivity index (χ3n) is 4.80. The van der Waals surface area contributed by atoms with Crippen LogP contribution in [0.15, 0.2) is 54.6 Å². The highest BCUT2D eigenvalue weighted by Gasteiger charge is 2.10. The maximum atomic E-state index is 12.0. The molecule has 2 rings (SSSR count). The second-order valence-electron chi connectivity index (χ2n) is 7.75. The maximum absolute atomic E-state index is 12.0. The average molecular weight is 530 g/mol. The molecule has 11 heteroatoms. The number of benzene rings is 2. The van der Waals surface area contributed by atoms with E-state index in [4.69, 9.17) is 26.4 Å². The predicted octanol–water partition coefficient (Wildman–Crippen LogP) is 2.61. The third kappa shape index (κ3) is 12.5. The molecule has 0 heterocycles. The van der Waals surface area contributed by atoms with Crippen molar-refractivity contribution >= 4 is 41.1 Å². The standard InChI is InChI=1S/C26H31N3O7S/c1-2-34-25(33)20-13-15-21(16-14-20)36-18-23(31)28-29-26(37)27-22(30)11-6-12-24(32)35-17-7-10-19-8-4-3-5-9-19/h3-5,8-9,13-16H,2,6-7,10-12,17-18H2,1H3,(H,28,31)(H2,27,29,30,37). The molecule has 0 aliphatic carbocycles. The molecule has 0 unspecified atom stereocenters. The summed E-state index contributed by atoms with van der Waals surface area (Å²) in [5.74, 6) is -1.36. The molecule has 37 heavy (non-hydrogen) atoms. The summed E-state index contributed by atoms with van der Waals surface area (Å²) < 4.78 is 15.4. The van der Waals surface area contributed by atoms with Crippen LogP contribution in [-0.2, 0) is 30.3 Å². The molecule has 0 fully saturated rings. The highest BCUT2D eigenvalue weighted by Crippen LogP contribution is 2.13. The quantitative estimate of drug-likeness (QED) is 0.155. The average Bonchev–Trinajstić information content (AvgIpc) is 2.89. The van der Waals surface area contributed by atoms with Gasteiger partial charge in [-0.1, -0.05) is 30.3 Å². The number of carbonyl (C=O) groups is 4. The van der Waals surface area contributed by atoms with Crippen LogP contribution in [0, 0.1) is 0 Å². The van der Waals surface area contributed by atoms with Crippen molar-refractivity contribution < 1.29 is 33.4 Å². The van der Waals surface area contributed by atoms with E-state index in [0.717, 1.165) is 12.8 Å². The summed E-state index contributed by atoms with van der Waals surface area (Å²) in [4.78, 5) is 47.3. The monoisotopic (exact) mass is 529 g/mol. The summed E-state index contributed by atoms with van der Waals surface area (Å²) in [6.07, 6.45) is 2.05. The Kier molecular flexibility index (Phi) is 13.2. The molecule has 0 saturated heterocycles. The molecule has 0 bridgehead atoms. The number of hydrogen-bond donors (Lipinski definition) is 3. The first-order valence-electron chi connectivity index (χ1n) is 11.9. The molecule has 0 aliphatic rings. The first kappa shape index (κ1) is 29.2. The van der Waals surface area contributed by atoms with Gasteiger partial charge in [0, 0.05) is 12.8 Å². The van der Waals surface area contributed by atoms with Crippen molar-refractivity contribution in [2.75, 3.05) is 19.8 Å². The van der Waals surface area contributed by atoms with Gasteiger partial charge >= 0.3 is 11.9 Å². The normalized spacial score (nSPS) is 10.1. The Morgan fingerprint density at radius 1 is 0.838 bits per heavy atom. The number of esters is 2. The lowest BCUT2D eigenvalue weighted by Crippen LogP contribution is -2.49. The number of thiocarbonyl (C=S) groups is 1. The number of aryl methyl sites for hydroxylation is 1. The van der Waals surface area contributed by atoms with E-state index in [2.05, 4.69) is 16.2 Å². The minimum absolute atomic E-state index is 0.0692. The molecule has 0 aliphatic heterocycles. The molecule has 0 aromatic heterocycles. The van der Waals surface area contributed by atoms with Crippen LogP contribution >= 0.6 is 12.2 Å². The highest BCUT2D eigenvalue weighted by atomic mass is 32.1. The van der Waals surface area contributed by atoms with Crippen molar-refractivity contribution in [1.29, 1.82) is 0 Å². The highest BCUT2D eigenvalue weighted by molar-refractivity contribution is 7.80. The minimum Gasteiger partial charge on any atom is -0.484 e. The Labute approximate surface area is 221 Å². The fourth-order valence-corrected chi connectivity index (χ4v) is 3.17. The van der Waals surface area contributed by atoms with E-state index in [9.17, 15) is 19.2 Å². The Hall–Kier alpha value is -3.99. The van der Waals surface area contributed by atoms with Crippen LogP contribution in [0.3, 0.4) is 0 Å². The van der Waals surface area contributed by atoms with Crippen molar-refractivity contribution in [2.45, 2.75) is 39.0 Å². The number of hydrazine groups is 1. The van der Waals surface area contributed by atoms with E-state index >= 15 is 0 Å². The van der Waals surface area contributed by atoms with Gasteiger partial charge in [-0.05, 0) is 68.2 Å². The van der Waals surface area contributed by atoms with E-state index in [1.807, 2.05) is 30.3 Å². The minimum atomic E-state index is -0.541. The number of ether oxygens (including phenoxy) is 3. The van der Waals surface area contributed by atoms with Crippen molar-refractivity contribution in [3.8, 4) is 5.75 Å². The lowest BCUT2D eigenvalue weighted by molar-refractivity contribution is -0.143. The number of nitrogens with one attached hydrogen (secondary N) is 3. The largest absolute Gasteiger partial charge is 0.484 e. The van der Waals surface area contributed by atoms with Gasteiger partial charge in [0.1, 0.15) is 5.75 Å². The third-order valence-corrected chi connectivity index (χ3v) is 5.01. The molecule has 2 amide bonds. The zero-order valence-electron chi connectivity index (χ0n) is 20.6. The molecule has 10 nitrogen and oxygen atoms in total. The van der Waals surface area contributed by atoms with E-state index < -0.39 is 17.8 Å². The topological polar surface area (TPSA) is 132 Å². The van der Waals surface area contributed by atoms with Crippen molar-refractivity contribution in [2.24, 2.45) is 0 Å². The fourth-order valence-electron chi connectivity index (χ4n) is 3.01. The van der Waals surface area contributed by atoms with Crippen LogP contribution in [0.4, 0.5) is 0 Å². The fraction of sp³-hybridized carbons (Fsp3) is 0.346. The van der Waals surface area contributed by atoms with Crippen LogP contribution in [0.2, 0.25) is 0 Å². The summed E-state index contributed by atoms with van der Waals surface area (Å²) in [6, 6.07) is 16.1. The van der Waals surface area contributed by atoms with Gasteiger partial charge in [-0.3, -0.25) is 25.2 Å². The van der Waals surface area contributed by atoms with E-state index in [0.29, 0.717) is 24.3 Å². The van der Waals surface area contributed by atoms with Crippen molar-refractivity contribution in [3.05, 3.63) is 65.7 Å². The number of hydrogen-bond acceptors (Lipinski definition) is 8. The molecule has 2 aromatic rings. The molecular weight excluding hydrogens is 498 g/mol. The lowest BCUT2D eigenvalue weighted by Gasteiger charge is -2.11. The van der Waals surface area contributed by atoms with Gasteiger partial charge in [0.15, 0.2) is 11.7 Å². The Morgan fingerprint density at radius 3 is 2.27 bits per heavy atom. The number of rotatable bonds is 13. The zero-order chi connectivity index (χ0) is 26.9. The summed E-state index contributed by atoms with van der Waals surface area (Å²) in [7, 11) is 0. The maximum Gasteiger partial charge on any atom is 0.338 e. The lowest BCUT2D eigenvalue weighted by atomic mass is 10.1. The van der Waals surface area contributed by atoms with E-state index in [-0.39, 0.29) is 37.1 Å². The summed E-state index contributed by atoms with van der Waals surface area (Å²) in [6.45, 7) is 2.00. The second-order valence-corrected chi connectivity index (χ2v) is 8.16. The van der Waals surface area contributed by atoms with Gasteiger partial charge in [0.05, 0.1) is 18.8 Å². The summed E-state index contributed by atoms with van der Waals surface area (Å²) in [5.41, 5.74) is 6.26. The van der Waals surface area contributed by atoms with Crippen LogP contribution in [0.1, 0.15) is 48.5 Å². The zero-order valence-corrected chi connectivity index (χ0v) is 21.4. The van der Waals surface area contributed by atoms with Gasteiger partial charge in [-0.15, -0.1) is 0 Å². The summed E-state index contributed by atoms with van der Waals surface area (Å²) in [5, 5.41) is 2.31. The van der Waals surface area contributed by atoms with Gasteiger partial charge in [-0.25, -0.2) is 4.79 Å². The Morgan fingerprint density at radius 2 is 1.57 bits per heavy atom. The first-order valence-corrected chi connectivity index (χ1v) is 12.3. The molecule has 2 aromatic carbocycles. The van der Waals surface area contributed by atoms with Crippen LogP contribution < -0.4 is 20.9 Å². The Bertz CT molecular complexity index is 1050. The van der Waals surface area contributed by atoms with Crippen molar-refractivity contribution in [1.82, 2.24) is 16.2 Å². The van der Waals surface area contributed by atoms with Gasteiger partial charge in [-0.2, -0.15) is 0 Å². The molecule has 0 radical (unpaired) electrons. The van der Waals surface area contributed by atoms with E-state index in [1.165, 1.54) is 17.7 Å². The second kappa shape index (κ2) is 16.6. The van der Waals surface area contributed by atoms with Gasteiger partial charge in [0.2, 0.25) is 5.91 Å². The van der Waals surface area contributed by atoms with Crippen LogP contribution in [0.25, 0.3) is 0 Å². The molecular formula is C26H31N3O7S. The SMILES string of the molecule is CCOC(=O)c1ccc(OCC(=O)NNC(=S)NC(=O)CCCC(=O)OCCCc2ccccc2)cc1. The molecule has 0 atom stereocenters. The smallest absolute Gasteiger partial charge is 0.338 e. The van der Waals surface area contributed by atoms with Gasteiger partial charge < -0.3 is 19.5 Å². The van der Waals surface area contributed by atoms with E-state index in [1.54, 1.807) is 19.1 Å². The number of carbonyl (C=O) groups excluding carboxylic acids is 4. The van der Waals surface area contributed by atoms with Crippen LogP contribution in [0.5, 0.6) is 5.75 Å². The predicted molar refractivity (Wildman–Crippen MR) is 139 cm³/mol. The first-order chi connectivity index (χ1) is 17.9. The molecule has 0 saturated carbocycles. The van der Waals surface area contributed by atoms with Crippen molar-refractivity contribution in [3.63, 3.8) is 0 Å².